The van der Waals surface area contributed by atoms with E-state index >= 15 is 0 Å². The Hall–Kier alpha value is -0.910. The lowest BCUT2D eigenvalue weighted by molar-refractivity contribution is 0.302. The van der Waals surface area contributed by atoms with Crippen LogP contribution < -0.4 is 0 Å². The molecule has 1 heterocycles. The van der Waals surface area contributed by atoms with Gasteiger partial charge in [0.2, 0.25) is 10.0 Å². The van der Waals surface area contributed by atoms with Gasteiger partial charge in [-0.2, -0.15) is 4.31 Å². The van der Waals surface area contributed by atoms with Crippen molar-refractivity contribution < 1.29 is 8.42 Å². The van der Waals surface area contributed by atoms with Crippen LogP contribution >= 0.6 is 0 Å². The summed E-state index contributed by atoms with van der Waals surface area (Å²) < 4.78 is 29.0. The second-order valence-corrected chi connectivity index (χ2v) is 10.6. The Balaban J connectivity index is 2.63. The molecule has 1 aliphatic heterocycles. The van der Waals surface area contributed by atoms with E-state index in [2.05, 4.69) is 58.6 Å². The molecule has 1 aromatic rings. The van der Waals surface area contributed by atoms with E-state index in [0.29, 0.717) is 29.9 Å². The first-order chi connectivity index (χ1) is 12.0. The number of likely N-dealkylation sites (N-methyl/N-ethyl adjacent to an activating group) is 1. The molecule has 0 bridgehead atoms. The average Bonchev–Trinajstić information content (AvgIpc) is 3.04. The lowest BCUT2D eigenvalue weighted by atomic mass is 9.89. The molecule has 5 heteroatoms. The van der Waals surface area contributed by atoms with Gasteiger partial charge in [0, 0.05) is 19.1 Å². The minimum atomic E-state index is -3.49. The fourth-order valence-corrected chi connectivity index (χ4v) is 5.82. The van der Waals surface area contributed by atoms with Crippen molar-refractivity contribution in [1.29, 1.82) is 0 Å². The molecule has 1 unspecified atom stereocenters. The summed E-state index contributed by atoms with van der Waals surface area (Å²) in [7, 11) is 0.558. The second kappa shape index (κ2) is 7.99. The molecule has 148 valence electrons. The quantitative estimate of drug-likeness (QED) is 0.735. The van der Waals surface area contributed by atoms with E-state index in [-0.39, 0.29) is 11.8 Å². The molecule has 1 atom stereocenters. The van der Waals surface area contributed by atoms with Crippen molar-refractivity contribution in [2.45, 2.75) is 76.7 Å². The fourth-order valence-electron chi connectivity index (χ4n) is 3.67. The maximum Gasteiger partial charge on any atom is 0.243 e. The van der Waals surface area contributed by atoms with Gasteiger partial charge < -0.3 is 4.90 Å². The van der Waals surface area contributed by atoms with E-state index in [4.69, 9.17) is 0 Å². The summed E-state index contributed by atoms with van der Waals surface area (Å²) in [4.78, 5) is 2.69. The SMILES string of the molecule is CC(C)c1cc(C(C)C)c(S(=O)(=O)N2CCC(N(C)C)C2)c(C(C)C)c1. The van der Waals surface area contributed by atoms with Gasteiger partial charge in [-0.25, -0.2) is 8.42 Å². The Morgan fingerprint density at radius 3 is 1.81 bits per heavy atom. The van der Waals surface area contributed by atoms with Crippen molar-refractivity contribution >= 4 is 10.0 Å². The third-order valence-electron chi connectivity index (χ3n) is 5.53. The number of hydrogen-bond donors (Lipinski definition) is 0. The molecule has 1 fully saturated rings. The molecule has 0 spiro atoms. The standard InChI is InChI=1S/C21H36N2O2S/c1-14(2)17-11-19(15(3)4)21(20(12-17)16(5)6)26(24,25)23-10-9-18(13-23)22(7)8/h11-12,14-16,18H,9-10,13H2,1-8H3. The summed E-state index contributed by atoms with van der Waals surface area (Å²) in [6.45, 7) is 13.9. The highest BCUT2D eigenvalue weighted by molar-refractivity contribution is 7.89. The van der Waals surface area contributed by atoms with Gasteiger partial charge >= 0.3 is 0 Å². The topological polar surface area (TPSA) is 40.6 Å². The van der Waals surface area contributed by atoms with E-state index in [0.717, 1.165) is 17.5 Å². The van der Waals surface area contributed by atoms with Crippen molar-refractivity contribution in [3.8, 4) is 0 Å². The molecule has 0 aliphatic carbocycles. The van der Waals surface area contributed by atoms with Crippen LogP contribution in [0.5, 0.6) is 0 Å². The molecule has 1 aromatic carbocycles. The number of nitrogens with zero attached hydrogens (tertiary/aromatic N) is 2. The molecule has 0 saturated carbocycles. The Morgan fingerprint density at radius 1 is 0.962 bits per heavy atom. The Morgan fingerprint density at radius 2 is 1.46 bits per heavy atom. The molecule has 0 radical (unpaired) electrons. The first kappa shape index (κ1) is 21.4. The monoisotopic (exact) mass is 380 g/mol. The molecule has 1 aliphatic rings. The van der Waals surface area contributed by atoms with Crippen LogP contribution in [-0.4, -0.2) is 50.8 Å². The summed E-state index contributed by atoms with van der Waals surface area (Å²) in [5, 5.41) is 0. The molecule has 0 aromatic heterocycles. The number of benzene rings is 1. The zero-order valence-electron chi connectivity index (χ0n) is 17.7. The van der Waals surface area contributed by atoms with E-state index in [1.54, 1.807) is 4.31 Å². The highest BCUT2D eigenvalue weighted by Crippen LogP contribution is 2.37. The van der Waals surface area contributed by atoms with E-state index in [1.807, 2.05) is 14.1 Å². The minimum Gasteiger partial charge on any atom is -0.305 e. The van der Waals surface area contributed by atoms with Gasteiger partial charge in [-0.15, -0.1) is 0 Å². The Labute approximate surface area is 160 Å². The molecule has 1 saturated heterocycles. The Kier molecular flexibility index (Phi) is 6.57. The number of sulfonamides is 1. The molecular weight excluding hydrogens is 344 g/mol. The van der Waals surface area contributed by atoms with Gasteiger partial charge in [0.1, 0.15) is 0 Å². The van der Waals surface area contributed by atoms with Crippen LogP contribution in [0, 0.1) is 0 Å². The predicted octanol–water partition coefficient (Wildman–Crippen LogP) is 4.38. The lowest BCUT2D eigenvalue weighted by Crippen LogP contribution is -2.35. The summed E-state index contributed by atoms with van der Waals surface area (Å²) >= 11 is 0. The normalized spacial score (nSPS) is 19.5. The zero-order chi connectivity index (χ0) is 19.8. The van der Waals surface area contributed by atoms with Crippen molar-refractivity contribution in [3.63, 3.8) is 0 Å². The molecule has 2 rings (SSSR count). The highest BCUT2D eigenvalue weighted by atomic mass is 32.2. The van der Waals surface area contributed by atoms with Crippen LogP contribution in [0.25, 0.3) is 0 Å². The molecular formula is C21H36N2O2S. The number of hydrogen-bond acceptors (Lipinski definition) is 3. The maximum absolute atomic E-state index is 13.6. The predicted molar refractivity (Wildman–Crippen MR) is 110 cm³/mol. The average molecular weight is 381 g/mol. The summed E-state index contributed by atoms with van der Waals surface area (Å²) in [6.07, 6.45) is 0.893. The van der Waals surface area contributed by atoms with Crippen molar-refractivity contribution in [3.05, 3.63) is 28.8 Å². The molecule has 0 amide bonds. The van der Waals surface area contributed by atoms with Crippen LogP contribution in [0.3, 0.4) is 0 Å². The van der Waals surface area contributed by atoms with Crippen LogP contribution in [0.15, 0.2) is 17.0 Å². The van der Waals surface area contributed by atoms with Crippen molar-refractivity contribution in [2.75, 3.05) is 27.2 Å². The van der Waals surface area contributed by atoms with Crippen LogP contribution in [-0.2, 0) is 10.0 Å². The fraction of sp³-hybridized carbons (Fsp3) is 0.714. The third-order valence-corrected chi connectivity index (χ3v) is 7.53. The summed E-state index contributed by atoms with van der Waals surface area (Å²) in [6, 6.07) is 4.53. The first-order valence-corrected chi connectivity index (χ1v) is 11.2. The van der Waals surface area contributed by atoms with Gasteiger partial charge in [0.05, 0.1) is 4.90 Å². The van der Waals surface area contributed by atoms with Crippen molar-refractivity contribution in [1.82, 2.24) is 9.21 Å². The van der Waals surface area contributed by atoms with E-state index in [1.165, 1.54) is 5.56 Å². The smallest absolute Gasteiger partial charge is 0.243 e. The van der Waals surface area contributed by atoms with Crippen LogP contribution in [0.4, 0.5) is 0 Å². The van der Waals surface area contributed by atoms with Gasteiger partial charge in [0.25, 0.3) is 0 Å². The van der Waals surface area contributed by atoms with Gasteiger partial charge in [-0.05, 0) is 55.0 Å². The number of rotatable bonds is 6. The maximum atomic E-state index is 13.6. The Bertz CT molecular complexity index is 707. The second-order valence-electron chi connectivity index (χ2n) is 8.76. The molecule has 0 N–H and O–H groups in total. The van der Waals surface area contributed by atoms with Crippen LogP contribution in [0.1, 0.15) is 82.4 Å². The van der Waals surface area contributed by atoms with Gasteiger partial charge in [-0.3, -0.25) is 0 Å². The minimum absolute atomic E-state index is 0.170. The lowest BCUT2D eigenvalue weighted by Gasteiger charge is -2.26. The van der Waals surface area contributed by atoms with Crippen LogP contribution in [0.2, 0.25) is 0 Å². The third kappa shape index (κ3) is 4.15. The first-order valence-electron chi connectivity index (χ1n) is 9.81. The van der Waals surface area contributed by atoms with Gasteiger partial charge in [0.15, 0.2) is 0 Å². The highest BCUT2D eigenvalue weighted by Gasteiger charge is 2.37. The largest absolute Gasteiger partial charge is 0.305 e. The van der Waals surface area contributed by atoms with E-state index in [9.17, 15) is 8.42 Å². The van der Waals surface area contributed by atoms with Gasteiger partial charge in [-0.1, -0.05) is 53.7 Å². The van der Waals surface area contributed by atoms with E-state index < -0.39 is 10.0 Å². The molecule has 4 nitrogen and oxygen atoms in total. The summed E-state index contributed by atoms with van der Waals surface area (Å²) in [5.74, 6) is 0.720. The summed E-state index contributed by atoms with van der Waals surface area (Å²) in [5.41, 5.74) is 3.16. The molecule has 26 heavy (non-hydrogen) atoms. The van der Waals surface area contributed by atoms with Crippen molar-refractivity contribution in [2.24, 2.45) is 0 Å². The zero-order valence-corrected chi connectivity index (χ0v) is 18.5.